The Kier molecular flexibility index (Phi) is 8.04. The molecule has 0 atom stereocenters. The lowest BCUT2D eigenvalue weighted by Crippen LogP contribution is -2.11. The fourth-order valence-corrected chi connectivity index (χ4v) is 9.82. The zero-order chi connectivity index (χ0) is 37.7. The number of nitrogens with zero attached hydrogens (tertiary/aromatic N) is 2. The van der Waals surface area contributed by atoms with Gasteiger partial charge in [-0.1, -0.05) is 164 Å². The van der Waals surface area contributed by atoms with Gasteiger partial charge in [-0.05, 0) is 76.9 Å². The highest BCUT2D eigenvalue weighted by molar-refractivity contribution is 7.26. The van der Waals surface area contributed by atoms with Gasteiger partial charge in [-0.25, -0.2) is 0 Å². The van der Waals surface area contributed by atoms with Crippen molar-refractivity contribution in [2.45, 2.75) is 0 Å². The van der Waals surface area contributed by atoms with Crippen LogP contribution in [0.4, 0.5) is 17.1 Å². The van der Waals surface area contributed by atoms with Crippen molar-refractivity contribution in [3.8, 4) is 39.1 Å². The van der Waals surface area contributed by atoms with E-state index in [1.54, 1.807) is 0 Å². The minimum Gasteiger partial charge on any atom is -0.309 e. The van der Waals surface area contributed by atoms with Crippen molar-refractivity contribution in [1.29, 1.82) is 0 Å². The smallest absolute Gasteiger partial charge is 0.0640 e. The third kappa shape index (κ3) is 5.63. The Morgan fingerprint density at radius 3 is 1.70 bits per heavy atom. The van der Waals surface area contributed by atoms with Crippen LogP contribution in [-0.2, 0) is 0 Å². The van der Waals surface area contributed by atoms with Crippen LogP contribution in [0.2, 0.25) is 0 Å². The maximum atomic E-state index is 2.45. The molecule has 3 heteroatoms. The SMILES string of the molecule is c1ccc(-c2ccccc2N(c2ccc(-c3cccc(-c4ccccc4-n4c5ccccc5c5ccccc54)c3)cc2)c2cccc3c2sc2ccccc23)cc1. The van der Waals surface area contributed by atoms with Crippen LogP contribution in [0.15, 0.2) is 218 Å². The summed E-state index contributed by atoms with van der Waals surface area (Å²) < 4.78 is 4.99. The highest BCUT2D eigenvalue weighted by Gasteiger charge is 2.21. The van der Waals surface area contributed by atoms with E-state index < -0.39 is 0 Å². The summed E-state index contributed by atoms with van der Waals surface area (Å²) in [5, 5.41) is 5.11. The Hall–Kier alpha value is -7.20. The third-order valence-corrected chi connectivity index (χ3v) is 12.4. The van der Waals surface area contributed by atoms with Gasteiger partial charge in [-0.3, -0.25) is 0 Å². The molecule has 11 rings (SSSR count). The van der Waals surface area contributed by atoms with E-state index >= 15 is 0 Å². The van der Waals surface area contributed by atoms with Gasteiger partial charge < -0.3 is 9.47 Å². The monoisotopic (exact) mass is 744 g/mol. The standard InChI is InChI=1S/C54H36N2S/c1-2-16-38(17-3-1)42-20-4-9-26-48(42)55(52-30-15-25-47-46-24-8-13-31-53(46)57-54(47)52)41-34-32-37(33-35-41)39-18-14-19-40(36-39)43-21-5-10-27-49(43)56-50-28-11-6-22-44(50)45-23-7-12-29-51(45)56/h1-36H. The van der Waals surface area contributed by atoms with Gasteiger partial charge in [0.25, 0.3) is 0 Å². The molecular formula is C54H36N2S. The summed E-state index contributed by atoms with van der Waals surface area (Å²) in [6.45, 7) is 0. The second kappa shape index (κ2) is 13.8. The maximum Gasteiger partial charge on any atom is 0.0640 e. The summed E-state index contributed by atoms with van der Waals surface area (Å²) in [5.41, 5.74) is 14.1. The highest BCUT2D eigenvalue weighted by Crippen LogP contribution is 2.47. The molecule has 268 valence electrons. The van der Waals surface area contributed by atoms with E-state index in [0.717, 1.165) is 11.4 Å². The molecule has 11 aromatic rings. The van der Waals surface area contributed by atoms with E-state index in [4.69, 9.17) is 0 Å². The molecule has 0 saturated heterocycles. The lowest BCUT2D eigenvalue weighted by molar-refractivity contribution is 1.18. The average Bonchev–Trinajstić information content (AvgIpc) is 3.84. The van der Waals surface area contributed by atoms with Crippen LogP contribution in [0.3, 0.4) is 0 Å². The number of para-hydroxylation sites is 4. The fraction of sp³-hybridized carbons (Fsp3) is 0. The second-order valence-corrected chi connectivity index (χ2v) is 15.5. The number of rotatable bonds is 7. The van der Waals surface area contributed by atoms with E-state index in [9.17, 15) is 0 Å². The van der Waals surface area contributed by atoms with Crippen molar-refractivity contribution < 1.29 is 0 Å². The number of benzene rings is 9. The lowest BCUT2D eigenvalue weighted by atomic mass is 9.97. The van der Waals surface area contributed by atoms with Crippen LogP contribution in [0.5, 0.6) is 0 Å². The van der Waals surface area contributed by atoms with Gasteiger partial charge in [0.15, 0.2) is 0 Å². The van der Waals surface area contributed by atoms with Gasteiger partial charge in [0, 0.05) is 43.1 Å². The third-order valence-electron chi connectivity index (χ3n) is 11.2. The molecule has 0 aliphatic rings. The molecule has 0 saturated carbocycles. The summed E-state index contributed by atoms with van der Waals surface area (Å²) in [5.74, 6) is 0. The zero-order valence-electron chi connectivity index (χ0n) is 31.1. The van der Waals surface area contributed by atoms with Crippen LogP contribution in [0.25, 0.3) is 81.0 Å². The molecule has 2 heterocycles. The number of thiophene rings is 1. The average molecular weight is 745 g/mol. The predicted octanol–water partition coefficient (Wildman–Crippen LogP) is 15.6. The Balaban J connectivity index is 1.03. The number of hydrogen-bond acceptors (Lipinski definition) is 2. The minimum absolute atomic E-state index is 1.11. The summed E-state index contributed by atoms with van der Waals surface area (Å²) in [6, 6.07) is 79.3. The maximum absolute atomic E-state index is 2.45. The molecule has 9 aromatic carbocycles. The summed E-state index contributed by atoms with van der Waals surface area (Å²) >= 11 is 1.86. The Bertz CT molecular complexity index is 3190. The van der Waals surface area contributed by atoms with E-state index in [2.05, 4.69) is 228 Å². The molecule has 0 aliphatic heterocycles. The molecule has 0 N–H and O–H groups in total. The van der Waals surface area contributed by atoms with Gasteiger partial charge in [0.05, 0.1) is 32.8 Å². The Labute approximate surface area is 335 Å². The lowest BCUT2D eigenvalue weighted by Gasteiger charge is -2.28. The van der Waals surface area contributed by atoms with Gasteiger partial charge in [0.2, 0.25) is 0 Å². The van der Waals surface area contributed by atoms with Gasteiger partial charge in [0.1, 0.15) is 0 Å². The molecule has 2 nitrogen and oxygen atoms in total. The number of aromatic nitrogens is 1. The van der Waals surface area contributed by atoms with Crippen molar-refractivity contribution in [2.75, 3.05) is 4.90 Å². The van der Waals surface area contributed by atoms with Crippen LogP contribution >= 0.6 is 11.3 Å². The zero-order valence-corrected chi connectivity index (χ0v) is 31.9. The largest absolute Gasteiger partial charge is 0.309 e. The molecule has 0 unspecified atom stereocenters. The predicted molar refractivity (Wildman–Crippen MR) is 245 cm³/mol. The quantitative estimate of drug-likeness (QED) is 0.158. The molecule has 0 spiro atoms. The van der Waals surface area contributed by atoms with Gasteiger partial charge in [-0.2, -0.15) is 0 Å². The van der Waals surface area contributed by atoms with Gasteiger partial charge >= 0.3 is 0 Å². The first-order valence-electron chi connectivity index (χ1n) is 19.4. The van der Waals surface area contributed by atoms with Crippen LogP contribution in [0.1, 0.15) is 0 Å². The molecule has 0 radical (unpaired) electrons. The summed E-state index contributed by atoms with van der Waals surface area (Å²) in [4.78, 5) is 2.45. The molecule has 0 aliphatic carbocycles. The van der Waals surface area contributed by atoms with Crippen LogP contribution in [-0.4, -0.2) is 4.57 Å². The molecule has 0 bridgehead atoms. The molecular weight excluding hydrogens is 709 g/mol. The molecule has 57 heavy (non-hydrogen) atoms. The topological polar surface area (TPSA) is 8.17 Å². The first-order chi connectivity index (χ1) is 28.3. The van der Waals surface area contributed by atoms with Crippen molar-refractivity contribution in [2.24, 2.45) is 0 Å². The highest BCUT2D eigenvalue weighted by atomic mass is 32.1. The first-order valence-corrected chi connectivity index (χ1v) is 20.3. The summed E-state index contributed by atoms with van der Waals surface area (Å²) in [6.07, 6.45) is 0. The van der Waals surface area contributed by atoms with Crippen LogP contribution < -0.4 is 4.90 Å². The van der Waals surface area contributed by atoms with Crippen molar-refractivity contribution in [1.82, 2.24) is 4.57 Å². The van der Waals surface area contributed by atoms with E-state index in [1.165, 1.54) is 86.7 Å². The summed E-state index contributed by atoms with van der Waals surface area (Å²) in [7, 11) is 0. The van der Waals surface area contributed by atoms with Crippen molar-refractivity contribution >= 4 is 70.4 Å². The molecule has 0 amide bonds. The van der Waals surface area contributed by atoms with Gasteiger partial charge in [-0.15, -0.1) is 11.3 Å². The van der Waals surface area contributed by atoms with E-state index in [-0.39, 0.29) is 0 Å². The molecule has 2 aromatic heterocycles. The number of fused-ring (bicyclic) bond motifs is 6. The minimum atomic E-state index is 1.11. The van der Waals surface area contributed by atoms with Crippen molar-refractivity contribution in [3.05, 3.63) is 218 Å². The Morgan fingerprint density at radius 1 is 0.351 bits per heavy atom. The number of hydrogen-bond donors (Lipinski definition) is 0. The van der Waals surface area contributed by atoms with Crippen molar-refractivity contribution in [3.63, 3.8) is 0 Å². The Morgan fingerprint density at radius 2 is 0.912 bits per heavy atom. The first kappa shape index (κ1) is 33.2. The fourth-order valence-electron chi connectivity index (χ4n) is 8.61. The van der Waals surface area contributed by atoms with Crippen LogP contribution in [0, 0.1) is 0 Å². The van der Waals surface area contributed by atoms with E-state index in [0.29, 0.717) is 0 Å². The normalized spacial score (nSPS) is 11.5. The van der Waals surface area contributed by atoms with E-state index in [1.807, 2.05) is 11.3 Å². The number of anilines is 3. The molecule has 0 fully saturated rings. The second-order valence-electron chi connectivity index (χ2n) is 14.5.